The first-order valence-corrected chi connectivity index (χ1v) is 5.88. The number of halogens is 1. The van der Waals surface area contributed by atoms with Crippen LogP contribution in [0.5, 0.6) is 0 Å². The average molecular weight is 251 g/mol. The summed E-state index contributed by atoms with van der Waals surface area (Å²) < 4.78 is 0. The van der Waals surface area contributed by atoms with E-state index in [4.69, 9.17) is 5.73 Å². The predicted octanol–water partition coefficient (Wildman–Crippen LogP) is 2.19. The topological polar surface area (TPSA) is 55.1 Å². The standard InChI is InChI=1S/C12H26N2O.ClH/c1-8(2)6-11(7-13)14-12(15)10(5)9(3)4;/h8-11H,6-7,13H2,1-5H3,(H,14,15);1H. The molecule has 0 heterocycles. The van der Waals surface area contributed by atoms with Gasteiger partial charge in [0.1, 0.15) is 0 Å². The highest BCUT2D eigenvalue weighted by Crippen LogP contribution is 2.11. The lowest BCUT2D eigenvalue weighted by molar-refractivity contribution is -0.126. The average Bonchev–Trinajstić information content (AvgIpc) is 2.14. The number of nitrogens with two attached hydrogens (primary N) is 1. The smallest absolute Gasteiger partial charge is 0.223 e. The maximum absolute atomic E-state index is 11.8. The van der Waals surface area contributed by atoms with Gasteiger partial charge in [-0.15, -0.1) is 12.4 Å². The zero-order valence-corrected chi connectivity index (χ0v) is 11.9. The normalized spacial score (nSPS) is 14.5. The number of carbonyl (C=O) groups excluding carboxylic acids is 1. The monoisotopic (exact) mass is 250 g/mol. The molecule has 3 nitrogen and oxygen atoms in total. The minimum atomic E-state index is 0. The Hall–Kier alpha value is -0.280. The second-order valence-corrected chi connectivity index (χ2v) is 5.10. The lowest BCUT2D eigenvalue weighted by atomic mass is 9.96. The maximum Gasteiger partial charge on any atom is 0.223 e. The van der Waals surface area contributed by atoms with Gasteiger partial charge in [0.05, 0.1) is 0 Å². The Morgan fingerprint density at radius 2 is 1.69 bits per heavy atom. The third-order valence-corrected chi connectivity index (χ3v) is 2.80. The highest BCUT2D eigenvalue weighted by atomic mass is 35.5. The molecule has 0 saturated heterocycles. The van der Waals surface area contributed by atoms with E-state index in [-0.39, 0.29) is 30.3 Å². The van der Waals surface area contributed by atoms with Crippen LogP contribution in [0.15, 0.2) is 0 Å². The molecular weight excluding hydrogens is 224 g/mol. The quantitative estimate of drug-likeness (QED) is 0.759. The molecule has 0 aliphatic heterocycles. The molecule has 3 N–H and O–H groups in total. The van der Waals surface area contributed by atoms with Crippen molar-refractivity contribution in [2.24, 2.45) is 23.5 Å². The Morgan fingerprint density at radius 3 is 2.00 bits per heavy atom. The van der Waals surface area contributed by atoms with Crippen LogP contribution < -0.4 is 11.1 Å². The van der Waals surface area contributed by atoms with Gasteiger partial charge >= 0.3 is 0 Å². The molecule has 0 aromatic rings. The zero-order valence-electron chi connectivity index (χ0n) is 11.1. The van der Waals surface area contributed by atoms with Crippen LogP contribution in [0.2, 0.25) is 0 Å². The van der Waals surface area contributed by atoms with Crippen molar-refractivity contribution in [3.8, 4) is 0 Å². The summed E-state index contributed by atoms with van der Waals surface area (Å²) in [6.07, 6.45) is 0.951. The van der Waals surface area contributed by atoms with E-state index < -0.39 is 0 Å². The molecule has 0 bridgehead atoms. The van der Waals surface area contributed by atoms with Gasteiger partial charge < -0.3 is 11.1 Å². The predicted molar refractivity (Wildman–Crippen MR) is 71.7 cm³/mol. The molecule has 0 aromatic carbocycles. The summed E-state index contributed by atoms with van der Waals surface area (Å²) in [7, 11) is 0. The molecule has 1 amide bonds. The van der Waals surface area contributed by atoms with E-state index in [1.807, 2.05) is 6.92 Å². The van der Waals surface area contributed by atoms with E-state index in [1.54, 1.807) is 0 Å². The van der Waals surface area contributed by atoms with Crippen molar-refractivity contribution >= 4 is 18.3 Å². The van der Waals surface area contributed by atoms with Gasteiger partial charge in [-0.05, 0) is 18.3 Å². The van der Waals surface area contributed by atoms with Gasteiger partial charge in [0.2, 0.25) is 5.91 Å². The third kappa shape index (κ3) is 7.07. The van der Waals surface area contributed by atoms with Crippen LogP contribution in [0.25, 0.3) is 0 Å². The van der Waals surface area contributed by atoms with Gasteiger partial charge in [-0.3, -0.25) is 4.79 Å². The van der Waals surface area contributed by atoms with E-state index >= 15 is 0 Å². The van der Waals surface area contributed by atoms with Crippen molar-refractivity contribution in [1.29, 1.82) is 0 Å². The largest absolute Gasteiger partial charge is 0.352 e. The lowest BCUT2D eigenvalue weighted by Crippen LogP contribution is -2.44. The molecule has 0 spiro atoms. The second kappa shape index (κ2) is 8.82. The van der Waals surface area contributed by atoms with E-state index in [0.29, 0.717) is 18.4 Å². The number of hydrogen-bond donors (Lipinski definition) is 2. The van der Waals surface area contributed by atoms with Crippen LogP contribution in [-0.4, -0.2) is 18.5 Å². The van der Waals surface area contributed by atoms with Crippen LogP contribution in [-0.2, 0) is 4.79 Å². The van der Waals surface area contributed by atoms with Crippen molar-refractivity contribution in [1.82, 2.24) is 5.32 Å². The van der Waals surface area contributed by atoms with Gasteiger partial charge in [-0.2, -0.15) is 0 Å². The minimum Gasteiger partial charge on any atom is -0.352 e. The first kappa shape index (κ1) is 18.1. The number of nitrogens with one attached hydrogen (secondary N) is 1. The molecule has 2 atom stereocenters. The van der Waals surface area contributed by atoms with Crippen molar-refractivity contribution < 1.29 is 4.79 Å². The summed E-state index contributed by atoms with van der Waals surface area (Å²) in [5.41, 5.74) is 5.63. The molecule has 0 aromatic heterocycles. The van der Waals surface area contributed by atoms with Gasteiger partial charge in [0.15, 0.2) is 0 Å². The molecule has 0 aliphatic rings. The summed E-state index contributed by atoms with van der Waals surface area (Å²) in [5.74, 6) is 1.13. The SMILES string of the molecule is CC(C)CC(CN)NC(=O)C(C)C(C)C.Cl. The van der Waals surface area contributed by atoms with Crippen molar-refractivity contribution in [3.05, 3.63) is 0 Å². The van der Waals surface area contributed by atoms with Crippen LogP contribution in [0.1, 0.15) is 41.0 Å². The van der Waals surface area contributed by atoms with Gasteiger partial charge in [0, 0.05) is 18.5 Å². The minimum absolute atomic E-state index is 0. The highest BCUT2D eigenvalue weighted by molar-refractivity contribution is 5.85. The highest BCUT2D eigenvalue weighted by Gasteiger charge is 2.19. The van der Waals surface area contributed by atoms with Crippen LogP contribution in [0, 0.1) is 17.8 Å². The summed E-state index contributed by atoms with van der Waals surface area (Å²) >= 11 is 0. The lowest BCUT2D eigenvalue weighted by Gasteiger charge is -2.22. The first-order chi connectivity index (χ1) is 6.88. The van der Waals surface area contributed by atoms with Crippen LogP contribution in [0.3, 0.4) is 0 Å². The van der Waals surface area contributed by atoms with Crippen LogP contribution >= 0.6 is 12.4 Å². The second-order valence-electron chi connectivity index (χ2n) is 5.10. The number of hydrogen-bond acceptors (Lipinski definition) is 2. The fraction of sp³-hybridized carbons (Fsp3) is 0.917. The van der Waals surface area contributed by atoms with E-state index in [9.17, 15) is 4.79 Å². The Morgan fingerprint density at radius 1 is 1.19 bits per heavy atom. The first-order valence-electron chi connectivity index (χ1n) is 5.88. The number of carbonyl (C=O) groups is 1. The zero-order chi connectivity index (χ0) is 12.0. The Bertz CT molecular complexity index is 195. The van der Waals surface area contributed by atoms with Crippen molar-refractivity contribution in [2.45, 2.75) is 47.1 Å². The molecule has 0 aliphatic carbocycles. The van der Waals surface area contributed by atoms with Gasteiger partial charge in [-0.1, -0.05) is 34.6 Å². The molecule has 16 heavy (non-hydrogen) atoms. The van der Waals surface area contributed by atoms with Gasteiger partial charge in [0.25, 0.3) is 0 Å². The molecule has 98 valence electrons. The summed E-state index contributed by atoms with van der Waals surface area (Å²) in [5, 5.41) is 3.02. The molecule has 0 radical (unpaired) electrons. The maximum atomic E-state index is 11.8. The Balaban J connectivity index is 0. The summed E-state index contributed by atoms with van der Waals surface area (Å²) in [6.45, 7) is 10.9. The Kier molecular flexibility index (Phi) is 9.98. The summed E-state index contributed by atoms with van der Waals surface area (Å²) in [6, 6.07) is 0.124. The number of amides is 1. The fourth-order valence-corrected chi connectivity index (χ4v) is 1.42. The van der Waals surface area contributed by atoms with Gasteiger partial charge in [-0.25, -0.2) is 0 Å². The molecule has 0 fully saturated rings. The number of rotatable bonds is 6. The fourth-order valence-electron chi connectivity index (χ4n) is 1.42. The van der Waals surface area contributed by atoms with Crippen molar-refractivity contribution in [2.75, 3.05) is 6.54 Å². The molecule has 2 unspecified atom stereocenters. The molecule has 0 saturated carbocycles. The van der Waals surface area contributed by atoms with Crippen molar-refractivity contribution in [3.63, 3.8) is 0 Å². The van der Waals surface area contributed by atoms with Crippen LogP contribution in [0.4, 0.5) is 0 Å². The van der Waals surface area contributed by atoms with E-state index in [2.05, 4.69) is 33.0 Å². The van der Waals surface area contributed by atoms with E-state index in [1.165, 1.54) is 0 Å². The summed E-state index contributed by atoms with van der Waals surface area (Å²) in [4.78, 5) is 11.8. The third-order valence-electron chi connectivity index (χ3n) is 2.80. The molecule has 4 heteroatoms. The molecule has 0 rings (SSSR count). The molecular formula is C12H27ClN2O. The Labute approximate surface area is 106 Å². The van der Waals surface area contributed by atoms with E-state index in [0.717, 1.165) is 6.42 Å².